The van der Waals surface area contributed by atoms with Crippen molar-refractivity contribution < 1.29 is 0 Å². The first-order valence-electron chi connectivity index (χ1n) is 6.34. The van der Waals surface area contributed by atoms with Crippen molar-refractivity contribution in [2.45, 2.75) is 32.7 Å². The Hall–Kier alpha value is -0.600. The van der Waals surface area contributed by atoms with Gasteiger partial charge in [0.2, 0.25) is 0 Å². The molecule has 0 bridgehead atoms. The Kier molecular flexibility index (Phi) is 4.41. The maximum atomic E-state index is 3.59. The fourth-order valence-corrected chi connectivity index (χ4v) is 2.20. The Labute approximate surface area is 112 Å². The van der Waals surface area contributed by atoms with E-state index in [2.05, 4.69) is 65.4 Å². The van der Waals surface area contributed by atoms with Crippen molar-refractivity contribution >= 4 is 22.0 Å². The average Bonchev–Trinajstić information content (AvgIpc) is 3.07. The van der Waals surface area contributed by atoms with Crippen LogP contribution < -0.4 is 5.32 Å². The van der Waals surface area contributed by atoms with Gasteiger partial charge in [-0.2, -0.15) is 0 Å². The van der Waals surface area contributed by atoms with Crippen LogP contribution in [0.5, 0.6) is 0 Å². The van der Waals surface area contributed by atoms with Crippen molar-refractivity contribution in [3.63, 3.8) is 0 Å². The summed E-state index contributed by atoms with van der Waals surface area (Å²) in [5.74, 6) is 0.597. The SMILES string of the molecule is CC(C)C(=Cc1cccc(Br)c1)CNC1CC1. The van der Waals surface area contributed by atoms with Gasteiger partial charge in [-0.15, -0.1) is 0 Å². The van der Waals surface area contributed by atoms with E-state index >= 15 is 0 Å². The molecular formula is C15H20BrN. The molecule has 2 heteroatoms. The molecule has 1 aromatic carbocycles. The smallest absolute Gasteiger partial charge is 0.0181 e. The molecule has 1 nitrogen and oxygen atoms in total. The summed E-state index contributed by atoms with van der Waals surface area (Å²) in [6.07, 6.45) is 5.01. The van der Waals surface area contributed by atoms with E-state index in [9.17, 15) is 0 Å². The molecule has 0 aromatic heterocycles. The lowest BCUT2D eigenvalue weighted by atomic mass is 10.0. The van der Waals surface area contributed by atoms with E-state index in [0.717, 1.165) is 17.1 Å². The summed E-state index contributed by atoms with van der Waals surface area (Å²) in [5.41, 5.74) is 2.76. The number of nitrogens with one attached hydrogen (secondary N) is 1. The van der Waals surface area contributed by atoms with Gasteiger partial charge < -0.3 is 5.32 Å². The second-order valence-corrected chi connectivity index (χ2v) is 6.00. The van der Waals surface area contributed by atoms with Crippen LogP contribution in [0.1, 0.15) is 32.3 Å². The molecule has 0 spiro atoms. The van der Waals surface area contributed by atoms with Crippen LogP contribution in [0.25, 0.3) is 6.08 Å². The van der Waals surface area contributed by atoms with Crippen molar-refractivity contribution in [2.24, 2.45) is 5.92 Å². The van der Waals surface area contributed by atoms with Gasteiger partial charge in [0, 0.05) is 17.1 Å². The quantitative estimate of drug-likeness (QED) is 0.856. The normalized spacial score (nSPS) is 16.6. The maximum Gasteiger partial charge on any atom is 0.0181 e. The van der Waals surface area contributed by atoms with Crippen molar-refractivity contribution in [2.75, 3.05) is 6.54 Å². The third-order valence-electron chi connectivity index (χ3n) is 3.11. The van der Waals surface area contributed by atoms with E-state index in [1.807, 2.05) is 0 Å². The topological polar surface area (TPSA) is 12.0 Å². The third-order valence-corrected chi connectivity index (χ3v) is 3.61. The summed E-state index contributed by atoms with van der Waals surface area (Å²) >= 11 is 3.52. The molecule has 17 heavy (non-hydrogen) atoms. The molecule has 1 aliphatic carbocycles. The predicted molar refractivity (Wildman–Crippen MR) is 78.0 cm³/mol. The monoisotopic (exact) mass is 293 g/mol. The van der Waals surface area contributed by atoms with Crippen LogP contribution in [-0.4, -0.2) is 12.6 Å². The van der Waals surface area contributed by atoms with Gasteiger partial charge >= 0.3 is 0 Å². The Morgan fingerprint density at radius 2 is 2.24 bits per heavy atom. The Morgan fingerprint density at radius 3 is 2.82 bits per heavy atom. The fourth-order valence-electron chi connectivity index (χ4n) is 1.78. The van der Waals surface area contributed by atoms with E-state index in [-0.39, 0.29) is 0 Å². The second kappa shape index (κ2) is 5.83. The van der Waals surface area contributed by atoms with Gasteiger partial charge in [-0.05, 0) is 36.5 Å². The van der Waals surface area contributed by atoms with E-state index < -0.39 is 0 Å². The number of benzene rings is 1. The lowest BCUT2D eigenvalue weighted by Crippen LogP contribution is -2.21. The summed E-state index contributed by atoms with van der Waals surface area (Å²) in [5, 5.41) is 3.59. The molecular weight excluding hydrogens is 274 g/mol. The minimum atomic E-state index is 0.597. The van der Waals surface area contributed by atoms with Crippen LogP contribution in [0.3, 0.4) is 0 Å². The fraction of sp³-hybridized carbons (Fsp3) is 0.467. The molecule has 0 radical (unpaired) electrons. The van der Waals surface area contributed by atoms with E-state index in [0.29, 0.717) is 5.92 Å². The molecule has 1 saturated carbocycles. The van der Waals surface area contributed by atoms with Crippen molar-refractivity contribution in [1.82, 2.24) is 5.32 Å². The molecule has 2 rings (SSSR count). The van der Waals surface area contributed by atoms with Crippen LogP contribution in [0, 0.1) is 5.92 Å². The summed E-state index contributed by atoms with van der Waals surface area (Å²) in [6.45, 7) is 5.55. The summed E-state index contributed by atoms with van der Waals surface area (Å²) in [7, 11) is 0. The van der Waals surface area contributed by atoms with Crippen LogP contribution in [0.2, 0.25) is 0 Å². The highest BCUT2D eigenvalue weighted by atomic mass is 79.9. The van der Waals surface area contributed by atoms with E-state index in [4.69, 9.17) is 0 Å². The van der Waals surface area contributed by atoms with Gasteiger partial charge in [-0.3, -0.25) is 0 Å². The zero-order chi connectivity index (χ0) is 12.3. The summed E-state index contributed by atoms with van der Waals surface area (Å²) in [6, 6.07) is 9.25. The Morgan fingerprint density at radius 1 is 1.47 bits per heavy atom. The highest BCUT2D eigenvalue weighted by molar-refractivity contribution is 9.10. The summed E-state index contributed by atoms with van der Waals surface area (Å²) in [4.78, 5) is 0. The zero-order valence-electron chi connectivity index (χ0n) is 10.5. The second-order valence-electron chi connectivity index (χ2n) is 5.08. The van der Waals surface area contributed by atoms with Gasteiger partial charge in [-0.1, -0.05) is 53.6 Å². The molecule has 0 heterocycles. The van der Waals surface area contributed by atoms with E-state index in [1.54, 1.807) is 0 Å². The Balaban J connectivity index is 2.07. The lowest BCUT2D eigenvalue weighted by Gasteiger charge is -2.12. The van der Waals surface area contributed by atoms with Gasteiger partial charge in [0.15, 0.2) is 0 Å². The van der Waals surface area contributed by atoms with Crippen molar-refractivity contribution in [1.29, 1.82) is 0 Å². The highest BCUT2D eigenvalue weighted by Crippen LogP contribution is 2.21. The zero-order valence-corrected chi connectivity index (χ0v) is 12.1. The molecule has 0 aliphatic heterocycles. The van der Waals surface area contributed by atoms with Gasteiger partial charge in [0.05, 0.1) is 0 Å². The van der Waals surface area contributed by atoms with Crippen LogP contribution in [0.4, 0.5) is 0 Å². The first-order valence-corrected chi connectivity index (χ1v) is 7.14. The number of hydrogen-bond acceptors (Lipinski definition) is 1. The van der Waals surface area contributed by atoms with E-state index in [1.165, 1.54) is 24.0 Å². The maximum absolute atomic E-state index is 3.59. The standard InChI is InChI=1S/C15H20BrN/c1-11(2)13(10-17-15-6-7-15)8-12-4-3-5-14(16)9-12/h3-5,8-9,11,15,17H,6-7,10H2,1-2H3. The first-order chi connectivity index (χ1) is 8.15. The molecule has 0 saturated heterocycles. The molecule has 0 amide bonds. The first kappa shape index (κ1) is 12.8. The average molecular weight is 294 g/mol. The Bertz CT molecular complexity index is 405. The minimum Gasteiger partial charge on any atom is -0.310 e. The third kappa shape index (κ3) is 4.29. The van der Waals surface area contributed by atoms with Gasteiger partial charge in [-0.25, -0.2) is 0 Å². The highest BCUT2D eigenvalue weighted by Gasteiger charge is 2.20. The molecule has 1 aromatic rings. The van der Waals surface area contributed by atoms with Gasteiger partial charge in [0.1, 0.15) is 0 Å². The number of rotatable bonds is 5. The molecule has 0 unspecified atom stereocenters. The molecule has 92 valence electrons. The van der Waals surface area contributed by atoms with Crippen LogP contribution >= 0.6 is 15.9 Å². The minimum absolute atomic E-state index is 0.597. The van der Waals surface area contributed by atoms with Crippen molar-refractivity contribution in [3.8, 4) is 0 Å². The van der Waals surface area contributed by atoms with Gasteiger partial charge in [0.25, 0.3) is 0 Å². The lowest BCUT2D eigenvalue weighted by molar-refractivity contribution is 0.662. The number of hydrogen-bond donors (Lipinski definition) is 1. The predicted octanol–water partition coefficient (Wildman–Crippen LogP) is 4.24. The van der Waals surface area contributed by atoms with Crippen LogP contribution in [-0.2, 0) is 0 Å². The molecule has 0 atom stereocenters. The van der Waals surface area contributed by atoms with Crippen molar-refractivity contribution in [3.05, 3.63) is 39.9 Å². The molecule has 1 fully saturated rings. The summed E-state index contributed by atoms with van der Waals surface area (Å²) < 4.78 is 1.14. The largest absolute Gasteiger partial charge is 0.310 e. The number of halogens is 1. The molecule has 1 N–H and O–H groups in total. The van der Waals surface area contributed by atoms with Crippen LogP contribution in [0.15, 0.2) is 34.3 Å². The molecule has 1 aliphatic rings.